The van der Waals surface area contributed by atoms with E-state index in [1.807, 2.05) is 30.3 Å². The van der Waals surface area contributed by atoms with Crippen molar-refractivity contribution in [2.75, 3.05) is 13.1 Å². The van der Waals surface area contributed by atoms with Gasteiger partial charge in [0.2, 0.25) is 0 Å². The van der Waals surface area contributed by atoms with Crippen LogP contribution in [-0.2, 0) is 9.59 Å². The molecule has 130 valence electrons. The van der Waals surface area contributed by atoms with Gasteiger partial charge in [0, 0.05) is 13.1 Å². The van der Waals surface area contributed by atoms with Gasteiger partial charge in [-0.15, -0.1) is 0 Å². The second-order valence-corrected chi connectivity index (χ2v) is 6.09. The van der Waals surface area contributed by atoms with Crippen LogP contribution in [0.5, 0.6) is 0 Å². The van der Waals surface area contributed by atoms with Crippen molar-refractivity contribution in [3.63, 3.8) is 0 Å². The number of aliphatic hydroxyl groups is 1. The maximum atomic E-state index is 11.7. The van der Waals surface area contributed by atoms with Gasteiger partial charge in [0.1, 0.15) is 0 Å². The van der Waals surface area contributed by atoms with Crippen molar-refractivity contribution in [3.05, 3.63) is 47.5 Å². The lowest BCUT2D eigenvalue weighted by molar-refractivity contribution is -0.139. The zero-order chi connectivity index (χ0) is 17.2. The molecule has 24 heavy (non-hydrogen) atoms. The molecule has 0 fully saturated rings. The highest BCUT2D eigenvalue weighted by atomic mass is 16.3. The van der Waals surface area contributed by atoms with Gasteiger partial charge in [-0.3, -0.25) is 9.59 Å². The number of carbonyl (C=O) groups excluding carboxylic acids is 2. The molecule has 0 unspecified atom stereocenters. The predicted octanol–water partition coefficient (Wildman–Crippen LogP) is 2.23. The molecular formula is C19H26N2O3. The van der Waals surface area contributed by atoms with Gasteiger partial charge in [0.05, 0.1) is 6.10 Å². The van der Waals surface area contributed by atoms with Crippen LogP contribution in [0.25, 0.3) is 0 Å². The van der Waals surface area contributed by atoms with Gasteiger partial charge in [0.15, 0.2) is 0 Å². The number of carbonyl (C=O) groups is 2. The van der Waals surface area contributed by atoms with Gasteiger partial charge in [0.25, 0.3) is 0 Å². The molecule has 0 aromatic heterocycles. The van der Waals surface area contributed by atoms with E-state index in [9.17, 15) is 14.7 Å². The minimum Gasteiger partial charge on any atom is -0.388 e. The first-order chi connectivity index (χ1) is 11.7. The SMILES string of the molecule is O=C(NCCC1=CCCCC1)C(=O)NCC[C@@H](O)c1ccccc1. The average molecular weight is 330 g/mol. The van der Waals surface area contributed by atoms with E-state index in [4.69, 9.17) is 0 Å². The van der Waals surface area contributed by atoms with Crippen LogP contribution in [0, 0.1) is 0 Å². The van der Waals surface area contributed by atoms with Crippen LogP contribution in [0.1, 0.15) is 50.2 Å². The highest BCUT2D eigenvalue weighted by Crippen LogP contribution is 2.19. The third kappa shape index (κ3) is 6.16. The zero-order valence-electron chi connectivity index (χ0n) is 14.0. The van der Waals surface area contributed by atoms with Crippen LogP contribution in [0.2, 0.25) is 0 Å². The van der Waals surface area contributed by atoms with Crippen molar-refractivity contribution in [1.29, 1.82) is 0 Å². The molecule has 0 radical (unpaired) electrons. The number of nitrogens with one attached hydrogen (secondary N) is 2. The van der Waals surface area contributed by atoms with E-state index in [1.54, 1.807) is 0 Å². The predicted molar refractivity (Wildman–Crippen MR) is 93.2 cm³/mol. The van der Waals surface area contributed by atoms with Gasteiger partial charge < -0.3 is 15.7 Å². The van der Waals surface area contributed by atoms with Crippen molar-refractivity contribution < 1.29 is 14.7 Å². The first-order valence-corrected chi connectivity index (χ1v) is 8.64. The van der Waals surface area contributed by atoms with Crippen LogP contribution < -0.4 is 10.6 Å². The maximum Gasteiger partial charge on any atom is 0.309 e. The Labute approximate surface area is 143 Å². The van der Waals surface area contributed by atoms with Crippen molar-refractivity contribution in [2.24, 2.45) is 0 Å². The summed E-state index contributed by atoms with van der Waals surface area (Å²) in [6.07, 6.45) is 7.44. The van der Waals surface area contributed by atoms with Gasteiger partial charge in [-0.2, -0.15) is 0 Å². The first kappa shape index (κ1) is 18.2. The second kappa shape index (κ2) is 9.88. The first-order valence-electron chi connectivity index (χ1n) is 8.64. The normalized spacial score (nSPS) is 15.3. The third-order valence-corrected chi connectivity index (χ3v) is 4.21. The van der Waals surface area contributed by atoms with E-state index in [-0.39, 0.29) is 6.54 Å². The minimum absolute atomic E-state index is 0.257. The lowest BCUT2D eigenvalue weighted by Gasteiger charge is -2.13. The molecule has 2 rings (SSSR count). The molecule has 0 aliphatic heterocycles. The monoisotopic (exact) mass is 330 g/mol. The molecular weight excluding hydrogens is 304 g/mol. The number of benzene rings is 1. The lowest BCUT2D eigenvalue weighted by atomic mass is 9.97. The number of hydrogen-bond donors (Lipinski definition) is 3. The Kier molecular flexibility index (Phi) is 7.49. The van der Waals surface area contributed by atoms with E-state index in [2.05, 4.69) is 16.7 Å². The number of rotatable bonds is 7. The van der Waals surface area contributed by atoms with Crippen LogP contribution in [0.4, 0.5) is 0 Å². The van der Waals surface area contributed by atoms with E-state index in [0.29, 0.717) is 13.0 Å². The molecule has 1 aliphatic carbocycles. The van der Waals surface area contributed by atoms with E-state index in [0.717, 1.165) is 24.8 Å². The highest BCUT2D eigenvalue weighted by molar-refractivity contribution is 6.35. The largest absolute Gasteiger partial charge is 0.388 e. The summed E-state index contributed by atoms with van der Waals surface area (Å²) >= 11 is 0. The summed E-state index contributed by atoms with van der Waals surface area (Å²) in [6.45, 7) is 0.748. The Morgan fingerprint density at radius 3 is 2.42 bits per heavy atom. The number of aliphatic hydroxyl groups excluding tert-OH is 1. The fraction of sp³-hybridized carbons (Fsp3) is 0.474. The fourth-order valence-corrected chi connectivity index (χ4v) is 2.79. The maximum absolute atomic E-state index is 11.7. The summed E-state index contributed by atoms with van der Waals surface area (Å²) in [6, 6.07) is 9.25. The van der Waals surface area contributed by atoms with Crippen molar-refractivity contribution >= 4 is 11.8 Å². The van der Waals surface area contributed by atoms with E-state index >= 15 is 0 Å². The zero-order valence-corrected chi connectivity index (χ0v) is 14.0. The molecule has 1 aromatic carbocycles. The summed E-state index contributed by atoms with van der Waals surface area (Å²) in [4.78, 5) is 23.4. The standard InChI is InChI=1S/C19H26N2O3/c22-17(16-9-5-2-6-10-16)12-14-21-19(24)18(23)20-13-11-15-7-3-1-4-8-15/h2,5-7,9-10,17,22H,1,3-4,8,11-14H2,(H,20,23)(H,21,24)/t17-/m1/s1. The quantitative estimate of drug-likeness (QED) is 0.530. The van der Waals surface area contributed by atoms with Gasteiger partial charge >= 0.3 is 11.8 Å². The Morgan fingerprint density at radius 1 is 1.04 bits per heavy atom. The molecule has 0 bridgehead atoms. The van der Waals surface area contributed by atoms with Crippen LogP contribution in [-0.4, -0.2) is 30.0 Å². The molecule has 0 heterocycles. The van der Waals surface area contributed by atoms with Crippen molar-refractivity contribution in [3.8, 4) is 0 Å². The lowest BCUT2D eigenvalue weighted by Crippen LogP contribution is -2.40. The molecule has 5 nitrogen and oxygen atoms in total. The summed E-state index contributed by atoms with van der Waals surface area (Å²) < 4.78 is 0. The molecule has 1 aromatic rings. The Bertz CT molecular complexity index is 569. The fourth-order valence-electron chi connectivity index (χ4n) is 2.79. The molecule has 5 heteroatoms. The highest BCUT2D eigenvalue weighted by Gasteiger charge is 2.14. The van der Waals surface area contributed by atoms with Crippen LogP contribution in [0.15, 0.2) is 42.0 Å². The topological polar surface area (TPSA) is 78.4 Å². The Balaban J connectivity index is 1.61. The molecule has 1 atom stereocenters. The minimum atomic E-state index is -0.646. The third-order valence-electron chi connectivity index (χ3n) is 4.21. The summed E-state index contributed by atoms with van der Waals surface area (Å²) in [5.74, 6) is -1.26. The van der Waals surface area contributed by atoms with Gasteiger partial charge in [-0.25, -0.2) is 0 Å². The van der Waals surface area contributed by atoms with Crippen molar-refractivity contribution in [2.45, 2.75) is 44.6 Å². The van der Waals surface area contributed by atoms with Gasteiger partial charge in [-0.1, -0.05) is 42.0 Å². The van der Waals surface area contributed by atoms with Gasteiger partial charge in [-0.05, 0) is 44.1 Å². The van der Waals surface area contributed by atoms with Crippen LogP contribution in [0.3, 0.4) is 0 Å². The smallest absolute Gasteiger partial charge is 0.309 e. The number of amides is 2. The molecule has 0 saturated heterocycles. The molecule has 2 amide bonds. The van der Waals surface area contributed by atoms with Crippen molar-refractivity contribution in [1.82, 2.24) is 10.6 Å². The summed E-state index contributed by atoms with van der Waals surface area (Å²) in [5.41, 5.74) is 2.17. The molecule has 1 aliphatic rings. The second-order valence-electron chi connectivity index (χ2n) is 6.09. The summed E-state index contributed by atoms with van der Waals surface area (Å²) in [5, 5.41) is 15.2. The number of hydrogen-bond acceptors (Lipinski definition) is 3. The Morgan fingerprint density at radius 2 is 1.75 bits per heavy atom. The molecule has 0 saturated carbocycles. The van der Waals surface area contributed by atoms with E-state index < -0.39 is 17.9 Å². The Hall–Kier alpha value is -2.14. The van der Waals surface area contributed by atoms with Crippen LogP contribution >= 0.6 is 0 Å². The number of allylic oxidation sites excluding steroid dienone is 1. The van der Waals surface area contributed by atoms with E-state index in [1.165, 1.54) is 18.4 Å². The molecule has 0 spiro atoms. The average Bonchev–Trinajstić information content (AvgIpc) is 2.63. The summed E-state index contributed by atoms with van der Waals surface area (Å²) in [7, 11) is 0. The molecule has 3 N–H and O–H groups in total.